The second-order valence-corrected chi connectivity index (χ2v) is 7.42. The maximum atomic E-state index is 13.0. The SMILES string of the molecule is CC(C)Cn1nc2n(c1=O)CC1CCC(C2)N1C(=O)c1ccncc1. The number of carbonyl (C=O) groups excluding carboxylic acids is 1. The molecule has 2 bridgehead atoms. The van der Waals surface area contributed by atoms with E-state index in [1.54, 1.807) is 33.8 Å². The van der Waals surface area contributed by atoms with E-state index in [-0.39, 0.29) is 23.7 Å². The lowest BCUT2D eigenvalue weighted by atomic mass is 10.1. The Kier molecular flexibility index (Phi) is 3.94. The summed E-state index contributed by atoms with van der Waals surface area (Å²) in [4.78, 5) is 31.6. The highest BCUT2D eigenvalue weighted by molar-refractivity contribution is 5.94. The van der Waals surface area contributed by atoms with Crippen LogP contribution in [0.25, 0.3) is 0 Å². The number of pyridine rings is 1. The van der Waals surface area contributed by atoms with Crippen LogP contribution in [0.15, 0.2) is 29.3 Å². The minimum Gasteiger partial charge on any atom is -0.330 e. The predicted molar refractivity (Wildman–Crippen MR) is 92.2 cm³/mol. The summed E-state index contributed by atoms with van der Waals surface area (Å²) in [7, 11) is 0. The van der Waals surface area contributed by atoms with Crippen LogP contribution < -0.4 is 5.69 Å². The standard InChI is InChI=1S/C18H23N5O2/c1-12(2)10-22-18(25)21-11-15-4-3-14(9-16(21)20-22)23(15)17(24)13-5-7-19-8-6-13/h5-8,12,14-15H,3-4,9-11H2,1-2H3. The zero-order valence-electron chi connectivity index (χ0n) is 14.6. The van der Waals surface area contributed by atoms with Gasteiger partial charge in [0.25, 0.3) is 5.91 Å². The first-order chi connectivity index (χ1) is 12.0. The molecule has 25 heavy (non-hydrogen) atoms. The molecule has 0 N–H and O–H groups in total. The maximum absolute atomic E-state index is 13.0. The molecular weight excluding hydrogens is 318 g/mol. The van der Waals surface area contributed by atoms with Crippen molar-refractivity contribution in [3.05, 3.63) is 46.4 Å². The molecule has 132 valence electrons. The summed E-state index contributed by atoms with van der Waals surface area (Å²) in [5.41, 5.74) is 0.608. The third kappa shape index (κ3) is 2.77. The molecule has 1 saturated heterocycles. The van der Waals surface area contributed by atoms with Crippen LogP contribution in [0.3, 0.4) is 0 Å². The lowest BCUT2D eigenvalue weighted by molar-refractivity contribution is 0.0664. The Morgan fingerprint density at radius 3 is 2.68 bits per heavy atom. The average Bonchev–Trinajstić information content (AvgIpc) is 3.04. The van der Waals surface area contributed by atoms with Crippen LogP contribution in [0.4, 0.5) is 0 Å². The molecule has 2 aromatic rings. The summed E-state index contributed by atoms with van der Waals surface area (Å²) in [5, 5.41) is 4.55. The van der Waals surface area contributed by atoms with Crippen molar-refractivity contribution in [3.63, 3.8) is 0 Å². The number of fused-ring (bicyclic) bond motifs is 3. The van der Waals surface area contributed by atoms with E-state index in [9.17, 15) is 9.59 Å². The minimum absolute atomic E-state index is 0.0307. The van der Waals surface area contributed by atoms with Gasteiger partial charge in [-0.05, 0) is 30.9 Å². The molecule has 0 aromatic carbocycles. The fourth-order valence-electron chi connectivity index (χ4n) is 4.02. The minimum atomic E-state index is -0.0486. The summed E-state index contributed by atoms with van der Waals surface area (Å²) in [6, 6.07) is 3.67. The average molecular weight is 341 g/mol. The van der Waals surface area contributed by atoms with E-state index in [4.69, 9.17) is 0 Å². The molecule has 7 heteroatoms. The third-order valence-corrected chi connectivity index (χ3v) is 5.13. The largest absolute Gasteiger partial charge is 0.345 e. The Bertz CT molecular complexity index is 839. The van der Waals surface area contributed by atoms with E-state index in [1.807, 2.05) is 4.90 Å². The van der Waals surface area contributed by atoms with Gasteiger partial charge in [-0.25, -0.2) is 9.48 Å². The quantitative estimate of drug-likeness (QED) is 0.844. The monoisotopic (exact) mass is 341 g/mol. The molecule has 2 aromatic heterocycles. The van der Waals surface area contributed by atoms with Gasteiger partial charge in [0.2, 0.25) is 0 Å². The fraction of sp³-hybridized carbons (Fsp3) is 0.556. The Balaban J connectivity index is 1.64. The van der Waals surface area contributed by atoms with Crippen LogP contribution >= 0.6 is 0 Å². The van der Waals surface area contributed by atoms with Crippen molar-refractivity contribution in [3.8, 4) is 0 Å². The Hall–Kier alpha value is -2.44. The molecule has 1 amide bonds. The predicted octanol–water partition coefficient (Wildman–Crippen LogP) is 1.33. The normalized spacial score (nSPS) is 22.1. The van der Waals surface area contributed by atoms with Gasteiger partial charge < -0.3 is 4.90 Å². The van der Waals surface area contributed by atoms with Crippen molar-refractivity contribution in [2.24, 2.45) is 5.92 Å². The Morgan fingerprint density at radius 2 is 1.96 bits per heavy atom. The van der Waals surface area contributed by atoms with Gasteiger partial charge in [-0.1, -0.05) is 13.8 Å². The van der Waals surface area contributed by atoms with Crippen molar-refractivity contribution in [1.82, 2.24) is 24.2 Å². The highest BCUT2D eigenvalue weighted by atomic mass is 16.2. The summed E-state index contributed by atoms with van der Waals surface area (Å²) in [6.07, 6.45) is 5.83. The van der Waals surface area contributed by atoms with E-state index < -0.39 is 0 Å². The van der Waals surface area contributed by atoms with Crippen LogP contribution in [0.5, 0.6) is 0 Å². The molecule has 0 radical (unpaired) electrons. The number of carbonyl (C=O) groups is 1. The molecule has 0 saturated carbocycles. The molecule has 2 aliphatic rings. The molecule has 4 heterocycles. The highest BCUT2D eigenvalue weighted by Gasteiger charge is 2.41. The van der Waals surface area contributed by atoms with Crippen LogP contribution in [0, 0.1) is 5.92 Å². The van der Waals surface area contributed by atoms with E-state index in [0.717, 1.165) is 18.7 Å². The zero-order valence-corrected chi connectivity index (χ0v) is 14.6. The van der Waals surface area contributed by atoms with Gasteiger partial charge in [0.1, 0.15) is 5.82 Å². The van der Waals surface area contributed by atoms with Gasteiger partial charge >= 0.3 is 5.69 Å². The summed E-state index contributed by atoms with van der Waals surface area (Å²) >= 11 is 0. The lowest BCUT2D eigenvalue weighted by Crippen LogP contribution is -2.43. The first-order valence-electron chi connectivity index (χ1n) is 8.94. The molecular formula is C18H23N5O2. The van der Waals surface area contributed by atoms with Gasteiger partial charge in [0, 0.05) is 43.5 Å². The summed E-state index contributed by atoms with van der Waals surface area (Å²) in [6.45, 7) is 5.33. The molecule has 1 fully saturated rings. The van der Waals surface area contributed by atoms with E-state index in [2.05, 4.69) is 23.9 Å². The van der Waals surface area contributed by atoms with Gasteiger partial charge in [-0.3, -0.25) is 14.3 Å². The van der Waals surface area contributed by atoms with E-state index in [1.165, 1.54) is 0 Å². The molecule has 0 aliphatic carbocycles. The van der Waals surface area contributed by atoms with Crippen LogP contribution in [0.1, 0.15) is 42.9 Å². The summed E-state index contributed by atoms with van der Waals surface area (Å²) in [5.74, 6) is 1.21. The van der Waals surface area contributed by atoms with Crippen molar-refractivity contribution in [1.29, 1.82) is 0 Å². The lowest BCUT2D eigenvalue weighted by Gasteiger charge is -2.28. The molecule has 2 atom stereocenters. The Labute approximate surface area is 146 Å². The van der Waals surface area contributed by atoms with Crippen molar-refractivity contribution < 1.29 is 4.79 Å². The summed E-state index contributed by atoms with van der Waals surface area (Å²) < 4.78 is 3.36. The van der Waals surface area contributed by atoms with Gasteiger partial charge in [-0.15, -0.1) is 0 Å². The number of hydrogen-bond acceptors (Lipinski definition) is 4. The number of amides is 1. The highest BCUT2D eigenvalue weighted by Crippen LogP contribution is 2.31. The van der Waals surface area contributed by atoms with Gasteiger partial charge in [0.15, 0.2) is 0 Å². The van der Waals surface area contributed by atoms with Crippen molar-refractivity contribution in [2.45, 2.75) is 58.3 Å². The van der Waals surface area contributed by atoms with Crippen LogP contribution in [-0.2, 0) is 19.5 Å². The smallest absolute Gasteiger partial charge is 0.330 e. The molecule has 2 unspecified atom stereocenters. The first kappa shape index (κ1) is 16.1. The molecule has 4 rings (SSSR count). The van der Waals surface area contributed by atoms with Crippen molar-refractivity contribution in [2.75, 3.05) is 0 Å². The van der Waals surface area contributed by atoms with E-state index in [0.29, 0.717) is 31.0 Å². The number of nitrogens with zero attached hydrogens (tertiary/aromatic N) is 5. The second-order valence-electron chi connectivity index (χ2n) is 7.42. The van der Waals surface area contributed by atoms with Gasteiger partial charge in [0.05, 0.1) is 6.04 Å². The number of hydrogen-bond donors (Lipinski definition) is 0. The fourth-order valence-corrected chi connectivity index (χ4v) is 4.02. The molecule has 0 spiro atoms. The third-order valence-electron chi connectivity index (χ3n) is 5.13. The number of aromatic nitrogens is 4. The Morgan fingerprint density at radius 1 is 1.24 bits per heavy atom. The van der Waals surface area contributed by atoms with Crippen LogP contribution in [-0.4, -0.2) is 42.2 Å². The van der Waals surface area contributed by atoms with E-state index >= 15 is 0 Å². The topological polar surface area (TPSA) is 73.0 Å². The number of rotatable bonds is 3. The van der Waals surface area contributed by atoms with Gasteiger partial charge in [-0.2, -0.15) is 5.10 Å². The molecule has 7 nitrogen and oxygen atoms in total. The first-order valence-corrected chi connectivity index (χ1v) is 8.94. The van der Waals surface area contributed by atoms with Crippen LogP contribution in [0.2, 0.25) is 0 Å². The second kappa shape index (κ2) is 6.13. The maximum Gasteiger partial charge on any atom is 0.345 e. The zero-order chi connectivity index (χ0) is 17.6. The van der Waals surface area contributed by atoms with Crippen molar-refractivity contribution >= 4 is 5.91 Å². The molecule has 2 aliphatic heterocycles.